The quantitative estimate of drug-likeness (QED) is 0.145. The molecule has 260 valence electrons. The second-order valence-electron chi connectivity index (χ2n) is 13.8. The van der Waals surface area contributed by atoms with E-state index in [0.717, 1.165) is 17.1 Å². The number of benzene rings is 9. The van der Waals surface area contributed by atoms with Crippen LogP contribution in [0.15, 0.2) is 237 Å². The first kappa shape index (κ1) is 33.6. The van der Waals surface area contributed by atoms with Gasteiger partial charge >= 0.3 is 0 Å². The first-order chi connectivity index (χ1) is 27.3. The lowest BCUT2D eigenvalue weighted by Gasteiger charge is -2.26. The summed E-state index contributed by atoms with van der Waals surface area (Å²) < 4.78 is 0. The lowest BCUT2D eigenvalue weighted by Crippen LogP contribution is -2.09. The maximum Gasteiger partial charge on any atom is 0.0462 e. The second-order valence-corrected chi connectivity index (χ2v) is 13.8. The highest BCUT2D eigenvalue weighted by atomic mass is 15.1. The molecule has 9 aromatic carbocycles. The minimum absolute atomic E-state index is 1.10. The average Bonchev–Trinajstić information content (AvgIpc) is 3.28. The number of anilines is 3. The van der Waals surface area contributed by atoms with Gasteiger partial charge < -0.3 is 4.90 Å². The highest BCUT2D eigenvalue weighted by molar-refractivity contribution is 5.86. The molecule has 0 amide bonds. The van der Waals surface area contributed by atoms with E-state index in [1.807, 2.05) is 0 Å². The van der Waals surface area contributed by atoms with E-state index in [9.17, 15) is 0 Å². The highest BCUT2D eigenvalue weighted by Gasteiger charge is 2.15. The Hall–Kier alpha value is -7.22. The molecule has 0 saturated carbocycles. The van der Waals surface area contributed by atoms with Crippen molar-refractivity contribution in [3.05, 3.63) is 237 Å². The Morgan fingerprint density at radius 2 is 0.364 bits per heavy atom. The third kappa shape index (κ3) is 7.25. The van der Waals surface area contributed by atoms with Crippen LogP contribution in [0.3, 0.4) is 0 Å². The van der Waals surface area contributed by atoms with E-state index < -0.39 is 0 Å². The summed E-state index contributed by atoms with van der Waals surface area (Å²) in [6, 6.07) is 84.8. The fraction of sp³-hybridized carbons (Fsp3) is 0. The smallest absolute Gasteiger partial charge is 0.0462 e. The van der Waals surface area contributed by atoms with Gasteiger partial charge in [0.1, 0.15) is 0 Å². The second kappa shape index (κ2) is 15.4. The summed E-state index contributed by atoms with van der Waals surface area (Å²) in [6.45, 7) is 0. The zero-order valence-corrected chi connectivity index (χ0v) is 30.5. The molecule has 0 aliphatic carbocycles. The van der Waals surface area contributed by atoms with Crippen LogP contribution in [-0.4, -0.2) is 0 Å². The van der Waals surface area contributed by atoms with Crippen LogP contribution in [0, 0.1) is 0 Å². The number of rotatable bonds is 9. The van der Waals surface area contributed by atoms with Crippen LogP contribution >= 0.6 is 0 Å². The molecule has 0 fully saturated rings. The van der Waals surface area contributed by atoms with Gasteiger partial charge in [0.15, 0.2) is 0 Å². The lowest BCUT2D eigenvalue weighted by atomic mass is 9.93. The third-order valence-corrected chi connectivity index (χ3v) is 10.4. The van der Waals surface area contributed by atoms with Crippen molar-refractivity contribution in [3.63, 3.8) is 0 Å². The Morgan fingerprint density at radius 1 is 0.164 bits per heavy atom. The maximum absolute atomic E-state index is 2.34. The normalized spacial score (nSPS) is 10.9. The zero-order valence-electron chi connectivity index (χ0n) is 30.5. The van der Waals surface area contributed by atoms with E-state index in [1.165, 1.54) is 66.8 Å². The van der Waals surface area contributed by atoms with E-state index >= 15 is 0 Å². The van der Waals surface area contributed by atoms with Gasteiger partial charge in [-0.1, -0.05) is 200 Å². The van der Waals surface area contributed by atoms with Crippen molar-refractivity contribution in [3.8, 4) is 66.8 Å². The molecule has 0 aliphatic rings. The highest BCUT2D eigenvalue weighted by Crippen LogP contribution is 2.39. The molecule has 9 aromatic rings. The maximum atomic E-state index is 2.34. The molecule has 1 nitrogen and oxygen atoms in total. The Balaban J connectivity index is 1.01. The summed E-state index contributed by atoms with van der Waals surface area (Å²) >= 11 is 0. The Kier molecular flexibility index (Phi) is 9.41. The molecule has 0 radical (unpaired) electrons. The van der Waals surface area contributed by atoms with Crippen molar-refractivity contribution in [1.82, 2.24) is 0 Å². The van der Waals surface area contributed by atoms with E-state index in [0.29, 0.717) is 0 Å². The van der Waals surface area contributed by atoms with E-state index in [-0.39, 0.29) is 0 Å². The minimum atomic E-state index is 1.10. The van der Waals surface area contributed by atoms with Crippen LogP contribution in [0.5, 0.6) is 0 Å². The summed E-state index contributed by atoms with van der Waals surface area (Å²) in [5.74, 6) is 0. The zero-order chi connectivity index (χ0) is 36.8. The van der Waals surface area contributed by atoms with Crippen molar-refractivity contribution in [2.24, 2.45) is 0 Å². The summed E-state index contributed by atoms with van der Waals surface area (Å²) in [5, 5.41) is 0. The lowest BCUT2D eigenvalue weighted by molar-refractivity contribution is 1.28. The first-order valence-electron chi connectivity index (χ1n) is 18.8. The van der Waals surface area contributed by atoms with Crippen molar-refractivity contribution in [2.75, 3.05) is 4.90 Å². The van der Waals surface area contributed by atoms with Crippen LogP contribution in [-0.2, 0) is 0 Å². The monoisotopic (exact) mass is 701 g/mol. The van der Waals surface area contributed by atoms with Crippen molar-refractivity contribution in [1.29, 1.82) is 0 Å². The van der Waals surface area contributed by atoms with Gasteiger partial charge in [0.05, 0.1) is 0 Å². The molecule has 0 heterocycles. The molecule has 0 atom stereocenters. The molecule has 0 spiro atoms. The van der Waals surface area contributed by atoms with E-state index in [4.69, 9.17) is 0 Å². The molecule has 0 bridgehead atoms. The molecule has 0 unspecified atom stereocenters. The molecule has 0 aliphatic heterocycles. The van der Waals surface area contributed by atoms with E-state index in [2.05, 4.69) is 241 Å². The summed E-state index contributed by atoms with van der Waals surface area (Å²) in [4.78, 5) is 2.34. The number of hydrogen-bond donors (Lipinski definition) is 0. The van der Waals surface area contributed by atoms with Gasteiger partial charge in [0, 0.05) is 17.1 Å². The van der Waals surface area contributed by atoms with Crippen LogP contribution in [0.2, 0.25) is 0 Å². The van der Waals surface area contributed by atoms with Gasteiger partial charge in [0.25, 0.3) is 0 Å². The molecule has 0 aromatic heterocycles. The summed E-state index contributed by atoms with van der Waals surface area (Å²) in [5.41, 5.74) is 17.8. The van der Waals surface area contributed by atoms with Gasteiger partial charge in [0.2, 0.25) is 0 Å². The molecule has 0 N–H and O–H groups in total. The molecule has 9 rings (SSSR count). The van der Waals surface area contributed by atoms with Gasteiger partial charge in [-0.2, -0.15) is 0 Å². The topological polar surface area (TPSA) is 3.24 Å². The van der Waals surface area contributed by atoms with Crippen molar-refractivity contribution in [2.45, 2.75) is 0 Å². The van der Waals surface area contributed by atoms with Crippen molar-refractivity contribution >= 4 is 17.1 Å². The predicted octanol–water partition coefficient (Wildman–Crippen LogP) is 15.2. The van der Waals surface area contributed by atoms with Gasteiger partial charge in [-0.05, 0) is 103 Å². The molecular weight excluding hydrogens is 663 g/mol. The average molecular weight is 702 g/mol. The molecule has 1 heteroatoms. The number of nitrogens with zero attached hydrogens (tertiary/aromatic N) is 1. The van der Waals surface area contributed by atoms with Gasteiger partial charge in [-0.25, -0.2) is 0 Å². The van der Waals surface area contributed by atoms with Crippen LogP contribution in [0.1, 0.15) is 0 Å². The Morgan fingerprint density at radius 3 is 0.655 bits per heavy atom. The van der Waals surface area contributed by atoms with Crippen molar-refractivity contribution < 1.29 is 0 Å². The molecular formula is C54H39N. The standard InChI is InChI=1S/C54H39N/c1-4-12-40(13-5-1)43-20-22-44(23-21-43)45-24-26-48(27-25-45)53-18-10-11-19-54(53)49-32-38-52(39-33-49)55(50-34-28-46(29-35-50)41-14-6-2-7-15-41)51-36-30-47(31-37-51)42-16-8-3-9-17-42/h1-39H. The number of hydrogen-bond acceptors (Lipinski definition) is 1. The van der Waals surface area contributed by atoms with Crippen LogP contribution in [0.4, 0.5) is 17.1 Å². The summed E-state index contributed by atoms with van der Waals surface area (Å²) in [7, 11) is 0. The fourth-order valence-electron chi connectivity index (χ4n) is 7.42. The first-order valence-corrected chi connectivity index (χ1v) is 18.8. The molecule has 0 saturated heterocycles. The fourth-order valence-corrected chi connectivity index (χ4v) is 7.42. The SMILES string of the molecule is c1ccc(-c2ccc(-c3ccc(-c4ccccc4-c4ccc(N(c5ccc(-c6ccccc6)cc5)c5ccc(-c6ccccc6)cc5)cc4)cc3)cc2)cc1. The Bertz CT molecular complexity index is 2530. The van der Waals surface area contributed by atoms with E-state index in [1.54, 1.807) is 0 Å². The van der Waals surface area contributed by atoms with Gasteiger partial charge in [-0.15, -0.1) is 0 Å². The molecule has 55 heavy (non-hydrogen) atoms. The van der Waals surface area contributed by atoms with Crippen LogP contribution < -0.4 is 4.90 Å². The Labute approximate surface area is 324 Å². The minimum Gasteiger partial charge on any atom is -0.311 e. The third-order valence-electron chi connectivity index (χ3n) is 10.4. The largest absolute Gasteiger partial charge is 0.311 e. The van der Waals surface area contributed by atoms with Crippen LogP contribution in [0.25, 0.3) is 66.8 Å². The summed E-state index contributed by atoms with van der Waals surface area (Å²) in [6.07, 6.45) is 0. The van der Waals surface area contributed by atoms with Gasteiger partial charge in [-0.3, -0.25) is 0 Å². The predicted molar refractivity (Wildman–Crippen MR) is 234 cm³/mol.